The average molecular weight is 282 g/mol. The van der Waals surface area contributed by atoms with Gasteiger partial charge in [-0.1, -0.05) is 30.3 Å². The Bertz CT molecular complexity index is 691. The molecule has 0 atom stereocenters. The minimum atomic E-state index is -0.980. The topological polar surface area (TPSA) is 78.8 Å². The van der Waals surface area contributed by atoms with E-state index in [0.717, 1.165) is 5.56 Å². The molecule has 0 radical (unpaired) electrons. The van der Waals surface area contributed by atoms with Crippen molar-refractivity contribution in [1.82, 2.24) is 5.43 Å². The summed E-state index contributed by atoms with van der Waals surface area (Å²) >= 11 is 0. The van der Waals surface area contributed by atoms with Crippen molar-refractivity contribution < 1.29 is 14.7 Å². The normalized spacial score (nSPS) is 10.5. The van der Waals surface area contributed by atoms with Crippen LogP contribution in [0.5, 0.6) is 0 Å². The van der Waals surface area contributed by atoms with Gasteiger partial charge in [-0.3, -0.25) is 4.79 Å². The molecule has 0 saturated carbocycles. The Balaban J connectivity index is 2.01. The average Bonchev–Trinajstić information content (AvgIpc) is 2.48. The molecule has 0 heterocycles. The first-order chi connectivity index (χ1) is 10.1. The molecule has 0 aliphatic heterocycles. The highest BCUT2D eigenvalue weighted by Gasteiger charge is 2.06. The minimum Gasteiger partial charge on any atom is -0.478 e. The number of rotatable bonds is 4. The molecular formula is C16H14N2O3. The van der Waals surface area contributed by atoms with Crippen LogP contribution in [0, 0.1) is 6.92 Å². The van der Waals surface area contributed by atoms with Gasteiger partial charge < -0.3 is 5.11 Å². The number of nitrogens with one attached hydrogen (secondary N) is 1. The number of benzene rings is 2. The molecule has 0 aliphatic rings. The molecule has 2 aromatic carbocycles. The molecule has 0 spiro atoms. The van der Waals surface area contributed by atoms with E-state index in [-0.39, 0.29) is 11.5 Å². The van der Waals surface area contributed by atoms with Gasteiger partial charge in [-0.05, 0) is 36.2 Å². The van der Waals surface area contributed by atoms with Gasteiger partial charge in [-0.2, -0.15) is 5.10 Å². The van der Waals surface area contributed by atoms with Gasteiger partial charge in [-0.15, -0.1) is 0 Å². The Morgan fingerprint density at radius 1 is 1.10 bits per heavy atom. The van der Waals surface area contributed by atoms with Crippen LogP contribution in [-0.4, -0.2) is 23.2 Å². The van der Waals surface area contributed by atoms with E-state index in [1.807, 2.05) is 19.1 Å². The van der Waals surface area contributed by atoms with Crippen LogP contribution < -0.4 is 5.43 Å². The molecule has 106 valence electrons. The molecule has 0 fully saturated rings. The van der Waals surface area contributed by atoms with Crippen molar-refractivity contribution in [3.8, 4) is 0 Å². The number of hydrogen-bond acceptors (Lipinski definition) is 3. The molecule has 5 nitrogen and oxygen atoms in total. The standard InChI is InChI=1S/C16H14N2O3/c1-11-4-2-3-5-14(11)15(19)18-17-10-12-6-8-13(9-7-12)16(20)21/h2-10H,1H3,(H,18,19)(H,20,21)/b17-10+. The number of amides is 1. The van der Waals surface area contributed by atoms with Gasteiger partial charge in [0, 0.05) is 5.56 Å². The molecule has 0 bridgehead atoms. The largest absolute Gasteiger partial charge is 0.478 e. The van der Waals surface area contributed by atoms with E-state index in [2.05, 4.69) is 10.5 Å². The Morgan fingerprint density at radius 2 is 1.76 bits per heavy atom. The number of carbonyl (C=O) groups is 2. The van der Waals surface area contributed by atoms with E-state index in [1.54, 1.807) is 24.3 Å². The van der Waals surface area contributed by atoms with Gasteiger partial charge in [0.25, 0.3) is 5.91 Å². The zero-order valence-corrected chi connectivity index (χ0v) is 11.4. The molecule has 0 unspecified atom stereocenters. The highest BCUT2D eigenvalue weighted by molar-refractivity contribution is 5.96. The summed E-state index contributed by atoms with van der Waals surface area (Å²) in [5, 5.41) is 12.6. The summed E-state index contributed by atoms with van der Waals surface area (Å²) in [5.74, 6) is -1.27. The SMILES string of the molecule is Cc1ccccc1C(=O)N/N=C/c1ccc(C(=O)O)cc1. The third kappa shape index (κ3) is 3.76. The van der Waals surface area contributed by atoms with Crippen molar-refractivity contribution in [3.63, 3.8) is 0 Å². The molecule has 2 rings (SSSR count). The van der Waals surface area contributed by atoms with Crippen LogP contribution in [0.4, 0.5) is 0 Å². The van der Waals surface area contributed by atoms with Gasteiger partial charge in [0.05, 0.1) is 11.8 Å². The second kappa shape index (κ2) is 6.47. The fraction of sp³-hybridized carbons (Fsp3) is 0.0625. The van der Waals surface area contributed by atoms with Crippen LogP contribution in [0.15, 0.2) is 53.6 Å². The second-order valence-electron chi connectivity index (χ2n) is 4.44. The lowest BCUT2D eigenvalue weighted by molar-refractivity contribution is 0.0696. The number of carboxylic acid groups (broad SMARTS) is 1. The molecule has 2 N–H and O–H groups in total. The van der Waals surface area contributed by atoms with Gasteiger partial charge in [-0.25, -0.2) is 10.2 Å². The van der Waals surface area contributed by atoms with Crippen LogP contribution in [0.2, 0.25) is 0 Å². The molecule has 0 saturated heterocycles. The Labute approximate surface area is 121 Å². The summed E-state index contributed by atoms with van der Waals surface area (Å²) in [6.45, 7) is 1.85. The Morgan fingerprint density at radius 3 is 2.38 bits per heavy atom. The predicted octanol–water partition coefficient (Wildman–Crippen LogP) is 2.46. The van der Waals surface area contributed by atoms with E-state index in [0.29, 0.717) is 11.1 Å². The zero-order chi connectivity index (χ0) is 15.2. The van der Waals surface area contributed by atoms with Crippen molar-refractivity contribution in [2.75, 3.05) is 0 Å². The first-order valence-electron chi connectivity index (χ1n) is 6.30. The summed E-state index contributed by atoms with van der Waals surface area (Å²) in [6.07, 6.45) is 1.46. The number of aromatic carboxylic acids is 1. The van der Waals surface area contributed by atoms with Crippen molar-refractivity contribution in [2.24, 2.45) is 5.10 Å². The van der Waals surface area contributed by atoms with E-state index in [4.69, 9.17) is 5.11 Å². The van der Waals surface area contributed by atoms with Gasteiger partial charge >= 0.3 is 5.97 Å². The van der Waals surface area contributed by atoms with Crippen molar-refractivity contribution in [3.05, 3.63) is 70.8 Å². The van der Waals surface area contributed by atoms with Crippen molar-refractivity contribution in [2.45, 2.75) is 6.92 Å². The molecule has 0 aromatic heterocycles. The zero-order valence-electron chi connectivity index (χ0n) is 11.4. The summed E-state index contributed by atoms with van der Waals surface area (Å²) < 4.78 is 0. The summed E-state index contributed by atoms with van der Waals surface area (Å²) in [6, 6.07) is 13.4. The van der Waals surface area contributed by atoms with Gasteiger partial charge in [0.15, 0.2) is 0 Å². The number of hydrogen-bond donors (Lipinski definition) is 2. The quantitative estimate of drug-likeness (QED) is 0.668. The van der Waals surface area contributed by atoms with E-state index >= 15 is 0 Å². The van der Waals surface area contributed by atoms with Crippen LogP contribution in [0.25, 0.3) is 0 Å². The lowest BCUT2D eigenvalue weighted by Crippen LogP contribution is -2.18. The molecule has 21 heavy (non-hydrogen) atoms. The number of carbonyl (C=O) groups excluding carboxylic acids is 1. The highest BCUT2D eigenvalue weighted by atomic mass is 16.4. The van der Waals surface area contributed by atoms with Crippen LogP contribution in [0.1, 0.15) is 31.8 Å². The maximum absolute atomic E-state index is 11.9. The second-order valence-corrected chi connectivity index (χ2v) is 4.44. The van der Waals surface area contributed by atoms with Gasteiger partial charge in [0.1, 0.15) is 0 Å². The lowest BCUT2D eigenvalue weighted by Gasteiger charge is -2.03. The number of aryl methyl sites for hydroxylation is 1. The van der Waals surface area contributed by atoms with Crippen molar-refractivity contribution in [1.29, 1.82) is 0 Å². The maximum atomic E-state index is 11.9. The number of nitrogens with zero attached hydrogens (tertiary/aromatic N) is 1. The van der Waals surface area contributed by atoms with Gasteiger partial charge in [0.2, 0.25) is 0 Å². The molecule has 1 amide bonds. The van der Waals surface area contributed by atoms with Crippen LogP contribution in [-0.2, 0) is 0 Å². The molecule has 5 heteroatoms. The fourth-order valence-electron chi connectivity index (χ4n) is 1.77. The van der Waals surface area contributed by atoms with E-state index in [9.17, 15) is 9.59 Å². The molecular weight excluding hydrogens is 268 g/mol. The minimum absolute atomic E-state index is 0.205. The highest BCUT2D eigenvalue weighted by Crippen LogP contribution is 2.06. The summed E-state index contributed by atoms with van der Waals surface area (Å²) in [5.41, 5.74) is 4.78. The van der Waals surface area contributed by atoms with Crippen LogP contribution >= 0.6 is 0 Å². The smallest absolute Gasteiger partial charge is 0.335 e. The Kier molecular flexibility index (Phi) is 4.46. The maximum Gasteiger partial charge on any atom is 0.335 e. The first kappa shape index (κ1) is 14.5. The number of carboxylic acids is 1. The monoisotopic (exact) mass is 282 g/mol. The number of hydrazone groups is 1. The van der Waals surface area contributed by atoms with E-state index in [1.165, 1.54) is 18.3 Å². The fourth-order valence-corrected chi connectivity index (χ4v) is 1.77. The summed E-state index contributed by atoms with van der Waals surface area (Å²) in [7, 11) is 0. The Hall–Kier alpha value is -2.95. The third-order valence-corrected chi connectivity index (χ3v) is 2.93. The third-order valence-electron chi connectivity index (χ3n) is 2.93. The summed E-state index contributed by atoms with van der Waals surface area (Å²) in [4.78, 5) is 22.6. The van der Waals surface area contributed by atoms with E-state index < -0.39 is 5.97 Å². The van der Waals surface area contributed by atoms with Crippen molar-refractivity contribution >= 4 is 18.1 Å². The first-order valence-corrected chi connectivity index (χ1v) is 6.30. The predicted molar refractivity (Wildman–Crippen MR) is 79.6 cm³/mol. The lowest BCUT2D eigenvalue weighted by atomic mass is 10.1. The molecule has 2 aromatic rings. The molecule has 0 aliphatic carbocycles. The van der Waals surface area contributed by atoms with Crippen LogP contribution in [0.3, 0.4) is 0 Å².